The molecule has 0 amide bonds. The second kappa shape index (κ2) is 8.46. The molecule has 33 heavy (non-hydrogen) atoms. The fraction of sp³-hybridized carbons (Fsp3) is 0.273. The third-order valence-electron chi connectivity index (χ3n) is 5.81. The first-order valence-electron chi connectivity index (χ1n) is 9.99. The van der Waals surface area contributed by atoms with Crippen molar-refractivity contribution in [3.63, 3.8) is 0 Å². The molecule has 11 nitrogen and oxygen atoms in total. The number of nitrogens with zero attached hydrogens (tertiary/aromatic N) is 2. The van der Waals surface area contributed by atoms with Gasteiger partial charge in [-0.15, -0.1) is 0 Å². The molecule has 5 N–H and O–H groups in total. The van der Waals surface area contributed by atoms with Gasteiger partial charge in [0.2, 0.25) is 0 Å². The van der Waals surface area contributed by atoms with Crippen molar-refractivity contribution in [1.29, 1.82) is 0 Å². The number of nitro benzene ring substituents is 1. The molecule has 1 heterocycles. The Labute approximate surface area is 185 Å². The first kappa shape index (κ1) is 22.7. The van der Waals surface area contributed by atoms with Crippen LogP contribution in [0.1, 0.15) is 15.9 Å². The summed E-state index contributed by atoms with van der Waals surface area (Å²) < 4.78 is 1.02. The smallest absolute Gasteiger partial charge is 0.270 e. The van der Waals surface area contributed by atoms with E-state index in [0.717, 1.165) is 10.6 Å². The third kappa shape index (κ3) is 3.61. The van der Waals surface area contributed by atoms with Crippen molar-refractivity contribution in [2.45, 2.75) is 31.0 Å². The number of ketones is 1. The van der Waals surface area contributed by atoms with E-state index < -0.39 is 53.8 Å². The lowest BCUT2D eigenvalue weighted by Crippen LogP contribution is -2.48. The molecule has 0 aliphatic heterocycles. The number of hydrogen-bond donors (Lipinski definition) is 5. The molecule has 0 spiro atoms. The van der Waals surface area contributed by atoms with E-state index in [1.165, 1.54) is 12.1 Å². The molecule has 0 unspecified atom stereocenters. The molecule has 0 radical (unpaired) electrons. The maximum absolute atomic E-state index is 13.4. The van der Waals surface area contributed by atoms with E-state index in [9.17, 15) is 40.1 Å². The van der Waals surface area contributed by atoms with E-state index in [1.54, 1.807) is 24.3 Å². The van der Waals surface area contributed by atoms with E-state index >= 15 is 0 Å². The molecule has 172 valence electrons. The molecule has 3 aromatic rings. The molecule has 0 saturated carbocycles. The lowest BCUT2D eigenvalue weighted by atomic mass is 10.0. The number of aliphatic hydroxyl groups excluding tert-OH is 5. The van der Waals surface area contributed by atoms with Gasteiger partial charge >= 0.3 is 0 Å². The van der Waals surface area contributed by atoms with Gasteiger partial charge < -0.3 is 30.1 Å². The van der Waals surface area contributed by atoms with Crippen LogP contribution in [0.3, 0.4) is 0 Å². The average molecular weight is 456 g/mol. The van der Waals surface area contributed by atoms with Crippen LogP contribution in [0.25, 0.3) is 22.0 Å². The summed E-state index contributed by atoms with van der Waals surface area (Å²) in [4.78, 5) is 37.1. The minimum atomic E-state index is -1.94. The molecule has 11 heteroatoms. The van der Waals surface area contributed by atoms with Gasteiger partial charge in [0.05, 0.1) is 34.7 Å². The number of pyridine rings is 1. The molecule has 4 rings (SSSR count). The number of rotatable bonds is 7. The zero-order valence-corrected chi connectivity index (χ0v) is 17.0. The Bertz CT molecular complexity index is 1330. The van der Waals surface area contributed by atoms with Crippen LogP contribution in [0.15, 0.2) is 47.3 Å². The van der Waals surface area contributed by atoms with Crippen molar-refractivity contribution >= 4 is 22.2 Å². The molecule has 1 aromatic heterocycles. The molecule has 2 aromatic carbocycles. The highest BCUT2D eigenvalue weighted by molar-refractivity contribution is 6.26. The van der Waals surface area contributed by atoms with Crippen molar-refractivity contribution < 1.29 is 35.3 Å². The van der Waals surface area contributed by atoms with Crippen molar-refractivity contribution in [1.82, 2.24) is 4.57 Å². The highest BCUT2D eigenvalue weighted by Crippen LogP contribution is 2.39. The number of non-ortho nitro benzene ring substituents is 1. The molecule has 4 atom stereocenters. The maximum Gasteiger partial charge on any atom is 0.270 e. The summed E-state index contributed by atoms with van der Waals surface area (Å²) in [7, 11) is 0. The van der Waals surface area contributed by atoms with Crippen molar-refractivity contribution in [3.8, 4) is 11.3 Å². The Hall–Kier alpha value is -3.48. The summed E-state index contributed by atoms with van der Waals surface area (Å²) in [6.07, 6.45) is -7.38. The summed E-state index contributed by atoms with van der Waals surface area (Å²) in [6, 6.07) is 10.0. The number of fused-ring (bicyclic) bond motifs is 5. The second-order valence-corrected chi connectivity index (χ2v) is 7.80. The largest absolute Gasteiger partial charge is 0.394 e. The SMILES string of the molecule is O=C1c2ccccc2-c2c1c1ccc([N+](=O)[O-])cc1c(=O)n2C[C@@H](O)[C@@H](O)[C@H](O)[C@H](O)CO. The topological polar surface area (TPSA) is 183 Å². The number of benzene rings is 2. The van der Waals surface area contributed by atoms with Gasteiger partial charge in [0.1, 0.15) is 24.4 Å². The third-order valence-corrected chi connectivity index (χ3v) is 5.81. The van der Waals surface area contributed by atoms with E-state index in [4.69, 9.17) is 5.11 Å². The van der Waals surface area contributed by atoms with E-state index in [0.29, 0.717) is 11.1 Å². The van der Waals surface area contributed by atoms with E-state index in [1.807, 2.05) is 0 Å². The highest BCUT2D eigenvalue weighted by Gasteiger charge is 2.35. The van der Waals surface area contributed by atoms with Gasteiger partial charge in [-0.25, -0.2) is 0 Å². The Morgan fingerprint density at radius 3 is 2.18 bits per heavy atom. The van der Waals surface area contributed by atoms with Gasteiger partial charge in [-0.2, -0.15) is 0 Å². The van der Waals surface area contributed by atoms with Gasteiger partial charge in [0, 0.05) is 28.6 Å². The number of carbonyl (C=O) groups excluding carboxylic acids is 1. The van der Waals surface area contributed by atoms with Crippen LogP contribution in [0, 0.1) is 10.1 Å². The van der Waals surface area contributed by atoms with E-state index in [-0.39, 0.29) is 27.7 Å². The Morgan fingerprint density at radius 2 is 1.55 bits per heavy atom. The van der Waals surface area contributed by atoms with Crippen LogP contribution in [0.5, 0.6) is 0 Å². The van der Waals surface area contributed by atoms with Gasteiger partial charge in [-0.3, -0.25) is 19.7 Å². The standard InChI is InChI=1S/C22H20N2O9/c25-9-16(27)21(30)20(29)15(26)8-23-18-12-3-1-2-4-13(12)19(28)17(18)11-6-5-10(24(32)33)7-14(11)22(23)31/h1-7,15-16,20-21,25-27,29-30H,8-9H2/t15-,16-,20-,21-/m1/s1. The monoisotopic (exact) mass is 456 g/mol. The average Bonchev–Trinajstić information content (AvgIpc) is 3.12. The molecule has 1 aliphatic rings. The minimum absolute atomic E-state index is 0.123. The van der Waals surface area contributed by atoms with Crippen molar-refractivity contribution in [2.75, 3.05) is 6.61 Å². The molecular formula is C22H20N2O9. The molecule has 0 saturated heterocycles. The van der Waals surface area contributed by atoms with Crippen LogP contribution in [0.2, 0.25) is 0 Å². The number of carbonyl (C=O) groups is 1. The van der Waals surface area contributed by atoms with Crippen LogP contribution in [0.4, 0.5) is 5.69 Å². The normalized spacial score (nSPS) is 16.2. The summed E-state index contributed by atoms with van der Waals surface area (Å²) in [6.45, 7) is -1.47. The summed E-state index contributed by atoms with van der Waals surface area (Å²) >= 11 is 0. The quantitative estimate of drug-likeness (QED) is 0.182. The summed E-state index contributed by atoms with van der Waals surface area (Å²) in [5.41, 5.74) is -0.106. The highest BCUT2D eigenvalue weighted by atomic mass is 16.6. The number of aliphatic hydroxyl groups is 5. The Balaban J connectivity index is 1.94. The first-order chi connectivity index (χ1) is 15.7. The fourth-order valence-corrected chi connectivity index (χ4v) is 4.11. The van der Waals surface area contributed by atoms with E-state index in [2.05, 4.69) is 0 Å². The van der Waals surface area contributed by atoms with Crippen LogP contribution in [-0.2, 0) is 6.54 Å². The predicted octanol–water partition coefficient (Wildman–Crippen LogP) is -0.443. The zero-order chi connectivity index (χ0) is 24.0. The minimum Gasteiger partial charge on any atom is -0.394 e. The van der Waals surface area contributed by atoms with Gasteiger partial charge in [0.25, 0.3) is 11.2 Å². The molecular weight excluding hydrogens is 436 g/mol. The maximum atomic E-state index is 13.4. The molecule has 0 fully saturated rings. The van der Waals surface area contributed by atoms with Gasteiger partial charge in [-0.05, 0) is 6.07 Å². The Kier molecular flexibility index (Phi) is 5.82. The van der Waals surface area contributed by atoms with Crippen molar-refractivity contribution in [2.24, 2.45) is 0 Å². The van der Waals surface area contributed by atoms with Crippen LogP contribution < -0.4 is 5.56 Å². The van der Waals surface area contributed by atoms with Crippen LogP contribution in [-0.4, -0.2) is 71.8 Å². The predicted molar refractivity (Wildman–Crippen MR) is 115 cm³/mol. The van der Waals surface area contributed by atoms with Gasteiger partial charge in [0.15, 0.2) is 5.78 Å². The van der Waals surface area contributed by atoms with Crippen LogP contribution >= 0.6 is 0 Å². The summed E-state index contributed by atoms with van der Waals surface area (Å²) in [5.74, 6) is -0.404. The lowest BCUT2D eigenvalue weighted by Gasteiger charge is -2.27. The zero-order valence-electron chi connectivity index (χ0n) is 17.0. The Morgan fingerprint density at radius 1 is 0.909 bits per heavy atom. The lowest BCUT2D eigenvalue weighted by molar-refractivity contribution is -0.384. The van der Waals surface area contributed by atoms with Gasteiger partial charge in [-0.1, -0.05) is 24.3 Å². The van der Waals surface area contributed by atoms with Crippen molar-refractivity contribution in [3.05, 3.63) is 74.1 Å². The summed E-state index contributed by atoms with van der Waals surface area (Å²) in [5, 5.41) is 60.5. The number of aromatic nitrogens is 1. The fourth-order valence-electron chi connectivity index (χ4n) is 4.11. The number of nitro groups is 1. The molecule has 0 bridgehead atoms. The number of hydrogen-bond acceptors (Lipinski definition) is 9. The first-order valence-corrected chi connectivity index (χ1v) is 9.99. The second-order valence-electron chi connectivity index (χ2n) is 7.80. The molecule has 1 aliphatic carbocycles.